The van der Waals surface area contributed by atoms with Gasteiger partial charge in [-0.1, -0.05) is 6.42 Å². The molecule has 11 heteroatoms. The molecule has 1 N–H and O–H groups in total. The average Bonchev–Trinajstić information content (AvgIpc) is 3.28. The van der Waals surface area contributed by atoms with Crippen molar-refractivity contribution in [3.63, 3.8) is 0 Å². The van der Waals surface area contributed by atoms with Crippen LogP contribution in [0, 0.1) is 11.3 Å². The Labute approximate surface area is 186 Å². The molecule has 0 unspecified atom stereocenters. The highest BCUT2D eigenvalue weighted by Crippen LogP contribution is 2.28. The number of aromatic amines is 1. The van der Waals surface area contributed by atoms with Crippen LogP contribution in [-0.4, -0.2) is 76.2 Å². The van der Waals surface area contributed by atoms with Crippen LogP contribution < -0.4 is 4.90 Å². The molecule has 2 fully saturated rings. The summed E-state index contributed by atoms with van der Waals surface area (Å²) in [5, 5.41) is 10.1. The van der Waals surface area contributed by atoms with E-state index in [1.54, 1.807) is 21.0 Å². The molecule has 32 heavy (non-hydrogen) atoms. The maximum Gasteiger partial charge on any atom is 0.282 e. The number of aromatic nitrogens is 4. The third-order valence-corrected chi connectivity index (χ3v) is 8.18. The van der Waals surface area contributed by atoms with Crippen LogP contribution in [0.5, 0.6) is 0 Å². The van der Waals surface area contributed by atoms with E-state index in [0.717, 1.165) is 30.6 Å². The van der Waals surface area contributed by atoms with Gasteiger partial charge in [-0.15, -0.1) is 0 Å². The summed E-state index contributed by atoms with van der Waals surface area (Å²) in [6.07, 6.45) is 7.80. The van der Waals surface area contributed by atoms with Crippen molar-refractivity contribution in [3.8, 4) is 17.3 Å². The SMILES string of the molecule is N#Cc1c[nH]c2ncnc(-c3ccc(N4CCN(S(=O)(=O)N5CCCCC5)CC4)nc3)c12. The smallest absolute Gasteiger partial charge is 0.282 e. The minimum Gasteiger partial charge on any atom is -0.354 e. The number of nitriles is 1. The zero-order valence-corrected chi connectivity index (χ0v) is 18.4. The first kappa shape index (κ1) is 20.8. The lowest BCUT2D eigenvalue weighted by Crippen LogP contribution is -2.54. The summed E-state index contributed by atoms with van der Waals surface area (Å²) in [7, 11) is -3.38. The van der Waals surface area contributed by atoms with Crippen molar-refractivity contribution in [3.05, 3.63) is 36.4 Å². The number of H-pyrrole nitrogens is 1. The molecule has 166 valence electrons. The Hall–Kier alpha value is -3.07. The van der Waals surface area contributed by atoms with Crippen molar-refractivity contribution in [2.24, 2.45) is 0 Å². The number of pyridine rings is 1. The van der Waals surface area contributed by atoms with E-state index < -0.39 is 10.2 Å². The van der Waals surface area contributed by atoms with Gasteiger partial charge in [0.05, 0.1) is 16.6 Å². The number of piperidine rings is 1. The lowest BCUT2D eigenvalue weighted by Gasteiger charge is -2.38. The Balaban J connectivity index is 1.30. The third-order valence-electron chi connectivity index (χ3n) is 6.14. The Morgan fingerprint density at radius 2 is 1.69 bits per heavy atom. The van der Waals surface area contributed by atoms with Gasteiger partial charge >= 0.3 is 0 Å². The lowest BCUT2D eigenvalue weighted by atomic mass is 10.1. The summed E-state index contributed by atoms with van der Waals surface area (Å²) in [6.45, 7) is 3.32. The van der Waals surface area contributed by atoms with Gasteiger partial charge < -0.3 is 9.88 Å². The largest absolute Gasteiger partial charge is 0.354 e. The number of nitrogens with zero attached hydrogens (tertiary/aromatic N) is 7. The van der Waals surface area contributed by atoms with Crippen molar-refractivity contribution in [1.82, 2.24) is 28.5 Å². The average molecular weight is 453 g/mol. The Morgan fingerprint density at radius 1 is 0.938 bits per heavy atom. The highest BCUT2D eigenvalue weighted by atomic mass is 32.2. The van der Waals surface area contributed by atoms with Crippen LogP contribution in [0.3, 0.4) is 0 Å². The molecule has 0 spiro atoms. The standard InChI is InChI=1S/C21H24N8O2S/c22-12-17-14-24-21-19(17)20(25-15-26-21)16-4-5-18(23-13-16)27-8-10-29(11-9-27)32(30,31)28-6-2-1-3-7-28/h4-5,13-15H,1-3,6-11H2,(H,24,25,26). The van der Waals surface area contributed by atoms with Crippen LogP contribution >= 0.6 is 0 Å². The molecule has 3 aromatic heterocycles. The van der Waals surface area contributed by atoms with Crippen LogP contribution in [0.25, 0.3) is 22.3 Å². The van der Waals surface area contributed by atoms with Gasteiger partial charge in [0.2, 0.25) is 0 Å². The van der Waals surface area contributed by atoms with Gasteiger partial charge in [-0.05, 0) is 25.0 Å². The first-order valence-corrected chi connectivity index (χ1v) is 12.2. The highest BCUT2D eigenvalue weighted by molar-refractivity contribution is 7.86. The number of hydrogen-bond acceptors (Lipinski definition) is 7. The Kier molecular flexibility index (Phi) is 5.50. The fraction of sp³-hybridized carbons (Fsp3) is 0.429. The molecule has 2 aliphatic heterocycles. The van der Waals surface area contributed by atoms with Gasteiger partial charge in [-0.25, -0.2) is 15.0 Å². The molecule has 5 rings (SSSR count). The fourth-order valence-corrected chi connectivity index (χ4v) is 6.06. The van der Waals surface area contributed by atoms with Crippen molar-refractivity contribution in [2.75, 3.05) is 44.2 Å². The van der Waals surface area contributed by atoms with E-state index in [1.807, 2.05) is 12.1 Å². The van der Waals surface area contributed by atoms with Gasteiger partial charge in [0.1, 0.15) is 23.9 Å². The van der Waals surface area contributed by atoms with Crippen LogP contribution in [-0.2, 0) is 10.2 Å². The monoisotopic (exact) mass is 452 g/mol. The minimum absolute atomic E-state index is 0.448. The molecule has 0 aliphatic carbocycles. The van der Waals surface area contributed by atoms with Crippen molar-refractivity contribution in [1.29, 1.82) is 5.26 Å². The molecule has 0 bridgehead atoms. The number of rotatable bonds is 4. The molecule has 0 radical (unpaired) electrons. The van der Waals surface area contributed by atoms with E-state index in [1.165, 1.54) is 6.33 Å². The Bertz CT molecular complexity index is 1250. The molecule has 10 nitrogen and oxygen atoms in total. The first-order chi connectivity index (χ1) is 15.6. The lowest BCUT2D eigenvalue weighted by molar-refractivity contribution is 0.295. The summed E-state index contributed by atoms with van der Waals surface area (Å²) in [4.78, 5) is 18.2. The minimum atomic E-state index is -3.38. The summed E-state index contributed by atoms with van der Waals surface area (Å²) in [5.74, 6) is 0.795. The predicted molar refractivity (Wildman–Crippen MR) is 120 cm³/mol. The summed E-state index contributed by atoms with van der Waals surface area (Å²) in [5.41, 5.74) is 2.56. The zero-order chi connectivity index (χ0) is 22.1. The summed E-state index contributed by atoms with van der Waals surface area (Å²) < 4.78 is 29.0. The van der Waals surface area contributed by atoms with Gasteiger partial charge in [0.15, 0.2) is 0 Å². The molecule has 2 saturated heterocycles. The number of anilines is 1. The van der Waals surface area contributed by atoms with E-state index in [9.17, 15) is 13.7 Å². The molecular formula is C21H24N8O2S. The normalized spacial score (nSPS) is 18.7. The molecule has 0 saturated carbocycles. The van der Waals surface area contributed by atoms with Gasteiger partial charge in [0, 0.05) is 57.2 Å². The highest BCUT2D eigenvalue weighted by Gasteiger charge is 2.33. The summed E-state index contributed by atoms with van der Waals surface area (Å²) >= 11 is 0. The maximum atomic E-state index is 12.9. The fourth-order valence-electron chi connectivity index (χ4n) is 4.39. The van der Waals surface area contributed by atoms with Crippen molar-refractivity contribution >= 4 is 27.1 Å². The summed E-state index contributed by atoms with van der Waals surface area (Å²) in [6, 6.07) is 6.01. The number of fused-ring (bicyclic) bond motifs is 1. The quantitative estimate of drug-likeness (QED) is 0.640. The van der Waals surface area contributed by atoms with Crippen LogP contribution in [0.2, 0.25) is 0 Å². The maximum absolute atomic E-state index is 12.9. The van der Waals surface area contributed by atoms with E-state index in [4.69, 9.17) is 0 Å². The van der Waals surface area contributed by atoms with Crippen LogP contribution in [0.4, 0.5) is 5.82 Å². The van der Waals surface area contributed by atoms with E-state index >= 15 is 0 Å². The zero-order valence-electron chi connectivity index (χ0n) is 17.6. The second kappa shape index (κ2) is 8.46. The van der Waals surface area contributed by atoms with Gasteiger partial charge in [-0.2, -0.15) is 22.3 Å². The first-order valence-electron chi connectivity index (χ1n) is 10.8. The molecule has 0 atom stereocenters. The van der Waals surface area contributed by atoms with E-state index in [0.29, 0.717) is 61.6 Å². The molecule has 2 aliphatic rings. The van der Waals surface area contributed by atoms with Gasteiger partial charge in [-0.3, -0.25) is 0 Å². The second-order valence-corrected chi connectivity index (χ2v) is 9.95. The third kappa shape index (κ3) is 3.70. The van der Waals surface area contributed by atoms with Gasteiger partial charge in [0.25, 0.3) is 10.2 Å². The van der Waals surface area contributed by atoms with Crippen molar-refractivity contribution < 1.29 is 8.42 Å². The number of hydrogen-bond donors (Lipinski definition) is 1. The predicted octanol–water partition coefficient (Wildman–Crippen LogP) is 1.74. The topological polar surface area (TPSA) is 122 Å². The molecular weight excluding hydrogens is 428 g/mol. The molecule has 0 amide bonds. The van der Waals surface area contributed by atoms with Crippen LogP contribution in [0.15, 0.2) is 30.9 Å². The molecule has 3 aromatic rings. The Morgan fingerprint density at radius 3 is 2.38 bits per heavy atom. The van der Waals surface area contributed by atoms with E-state index in [-0.39, 0.29) is 0 Å². The molecule has 0 aromatic carbocycles. The molecule has 5 heterocycles. The second-order valence-electron chi connectivity index (χ2n) is 8.02. The van der Waals surface area contributed by atoms with E-state index in [2.05, 4.69) is 30.9 Å². The number of piperazine rings is 1. The number of nitrogens with one attached hydrogen (secondary N) is 1. The van der Waals surface area contributed by atoms with Crippen molar-refractivity contribution in [2.45, 2.75) is 19.3 Å². The van der Waals surface area contributed by atoms with Crippen LogP contribution in [0.1, 0.15) is 24.8 Å².